The maximum Gasteiger partial charge on any atom is 0.272 e. The molecule has 6 heteroatoms. The summed E-state index contributed by atoms with van der Waals surface area (Å²) in [6.45, 7) is 3.36. The zero-order valence-corrected chi connectivity index (χ0v) is 8.93. The molecule has 0 aliphatic rings. The number of hydrogen-bond acceptors (Lipinski definition) is 2. The molecule has 84 valence electrons. The van der Waals surface area contributed by atoms with E-state index in [1.54, 1.807) is 13.8 Å². The predicted octanol–water partition coefficient (Wildman–Crippen LogP) is 0.125. The van der Waals surface area contributed by atoms with Crippen LogP contribution in [0.5, 0.6) is 0 Å². The Kier molecular flexibility index (Phi) is 3.28. The number of amides is 1. The average molecular weight is 215 g/mol. The molecule has 1 aromatic rings. The second kappa shape index (κ2) is 4.29. The summed E-state index contributed by atoms with van der Waals surface area (Å²) in [5.74, 6) is -1.04. The van der Waals surface area contributed by atoms with Crippen molar-refractivity contribution in [3.05, 3.63) is 21.9 Å². The smallest absolute Gasteiger partial charge is 0.272 e. The van der Waals surface area contributed by atoms with E-state index >= 15 is 0 Å². The molecule has 0 spiro atoms. The lowest BCUT2D eigenvalue weighted by Gasteiger charge is -2.05. The zero-order chi connectivity index (χ0) is 11.6. The van der Waals surface area contributed by atoms with Crippen LogP contribution in [-0.2, 0) is 18.4 Å². The second-order valence-corrected chi connectivity index (χ2v) is 3.64. The van der Waals surface area contributed by atoms with Crippen LogP contribution >= 0.6 is 0 Å². The lowest BCUT2D eigenvalue weighted by atomic mass is 10.2. The molecule has 0 saturated heterocycles. The van der Waals surface area contributed by atoms with Gasteiger partial charge in [-0.2, -0.15) is 4.39 Å². The van der Waals surface area contributed by atoms with Gasteiger partial charge in [-0.3, -0.25) is 19.4 Å². The number of rotatable bonds is 3. The number of H-pyrrole nitrogens is 1. The minimum atomic E-state index is -0.649. The Morgan fingerprint density at radius 2 is 2.20 bits per heavy atom. The van der Waals surface area contributed by atoms with Crippen molar-refractivity contribution in [2.24, 2.45) is 13.0 Å². The van der Waals surface area contributed by atoms with Crippen LogP contribution in [0, 0.1) is 11.9 Å². The van der Waals surface area contributed by atoms with E-state index in [1.165, 1.54) is 7.05 Å². The summed E-state index contributed by atoms with van der Waals surface area (Å²) < 4.78 is 14.2. The van der Waals surface area contributed by atoms with Gasteiger partial charge in [-0.1, -0.05) is 13.8 Å². The quantitative estimate of drug-likeness (QED) is 0.752. The van der Waals surface area contributed by atoms with E-state index in [0.717, 1.165) is 4.68 Å². The van der Waals surface area contributed by atoms with Crippen molar-refractivity contribution < 1.29 is 9.18 Å². The molecule has 0 atom stereocenters. The number of hydrogen-bond donors (Lipinski definition) is 2. The van der Waals surface area contributed by atoms with Gasteiger partial charge < -0.3 is 5.32 Å². The first-order valence-corrected chi connectivity index (χ1v) is 4.64. The third-order valence-corrected chi connectivity index (χ3v) is 2.05. The zero-order valence-electron chi connectivity index (χ0n) is 8.93. The SMILES string of the molecule is CC(C)C(=O)NCc1c(F)n(C)[nH]c1=O. The Labute approximate surface area is 86.3 Å². The van der Waals surface area contributed by atoms with Gasteiger partial charge in [0.1, 0.15) is 0 Å². The summed E-state index contributed by atoms with van der Waals surface area (Å²) in [4.78, 5) is 22.4. The third kappa shape index (κ3) is 2.45. The molecule has 0 fully saturated rings. The summed E-state index contributed by atoms with van der Waals surface area (Å²) in [5.41, 5.74) is -0.564. The van der Waals surface area contributed by atoms with Crippen molar-refractivity contribution in [1.82, 2.24) is 15.1 Å². The molecule has 15 heavy (non-hydrogen) atoms. The summed E-state index contributed by atoms with van der Waals surface area (Å²) in [6, 6.07) is 0. The van der Waals surface area contributed by atoms with Gasteiger partial charge in [0, 0.05) is 13.0 Å². The molecule has 0 bridgehead atoms. The molecule has 2 N–H and O–H groups in total. The molecular weight excluding hydrogens is 201 g/mol. The largest absolute Gasteiger partial charge is 0.351 e. The van der Waals surface area contributed by atoms with Crippen LogP contribution < -0.4 is 10.9 Å². The molecule has 0 radical (unpaired) electrons. The molecule has 5 nitrogen and oxygen atoms in total. The van der Waals surface area contributed by atoms with E-state index in [-0.39, 0.29) is 23.9 Å². The van der Waals surface area contributed by atoms with Crippen molar-refractivity contribution >= 4 is 5.91 Å². The maximum absolute atomic E-state index is 13.3. The van der Waals surface area contributed by atoms with Crippen molar-refractivity contribution in [2.45, 2.75) is 20.4 Å². The number of halogens is 1. The average Bonchev–Trinajstić information content (AvgIpc) is 2.38. The van der Waals surface area contributed by atoms with Gasteiger partial charge in [-0.05, 0) is 0 Å². The number of aromatic nitrogens is 2. The minimum absolute atomic E-state index is 0.0495. The van der Waals surface area contributed by atoms with Crippen molar-refractivity contribution in [2.75, 3.05) is 0 Å². The number of carbonyl (C=O) groups excluding carboxylic acids is 1. The fraction of sp³-hybridized carbons (Fsp3) is 0.556. The molecule has 1 amide bonds. The van der Waals surface area contributed by atoms with Crippen molar-refractivity contribution in [3.8, 4) is 0 Å². The Morgan fingerprint density at radius 3 is 2.60 bits per heavy atom. The van der Waals surface area contributed by atoms with E-state index in [2.05, 4.69) is 10.4 Å². The highest BCUT2D eigenvalue weighted by Gasteiger charge is 2.14. The first-order valence-electron chi connectivity index (χ1n) is 4.64. The van der Waals surface area contributed by atoms with Crippen LogP contribution in [0.25, 0.3) is 0 Å². The molecule has 1 rings (SSSR count). The molecule has 1 aromatic heterocycles. The Balaban J connectivity index is 2.74. The maximum atomic E-state index is 13.3. The fourth-order valence-corrected chi connectivity index (χ4v) is 1.10. The molecule has 0 aliphatic carbocycles. The monoisotopic (exact) mass is 215 g/mol. The van der Waals surface area contributed by atoms with Crippen LogP contribution in [0.15, 0.2) is 4.79 Å². The van der Waals surface area contributed by atoms with Crippen molar-refractivity contribution in [3.63, 3.8) is 0 Å². The van der Waals surface area contributed by atoms with Gasteiger partial charge in [-0.15, -0.1) is 0 Å². The predicted molar refractivity (Wildman–Crippen MR) is 52.7 cm³/mol. The third-order valence-electron chi connectivity index (χ3n) is 2.05. The summed E-state index contributed by atoms with van der Waals surface area (Å²) in [6.07, 6.45) is 0. The lowest BCUT2D eigenvalue weighted by molar-refractivity contribution is -0.124. The number of nitrogens with zero attached hydrogens (tertiary/aromatic N) is 1. The van der Waals surface area contributed by atoms with Gasteiger partial charge in [0.2, 0.25) is 11.9 Å². The number of nitrogens with one attached hydrogen (secondary N) is 2. The lowest BCUT2D eigenvalue weighted by Crippen LogP contribution is -2.29. The highest BCUT2D eigenvalue weighted by molar-refractivity contribution is 5.77. The number of carbonyl (C=O) groups is 1. The highest BCUT2D eigenvalue weighted by Crippen LogP contribution is 2.00. The van der Waals surface area contributed by atoms with Crippen LogP contribution in [0.2, 0.25) is 0 Å². The fourth-order valence-electron chi connectivity index (χ4n) is 1.10. The van der Waals surface area contributed by atoms with Gasteiger partial charge in [0.25, 0.3) is 5.56 Å². The Bertz CT molecular complexity index is 419. The van der Waals surface area contributed by atoms with Crippen LogP contribution in [0.4, 0.5) is 4.39 Å². The van der Waals surface area contributed by atoms with Crippen molar-refractivity contribution in [1.29, 1.82) is 0 Å². The Morgan fingerprint density at radius 1 is 1.60 bits per heavy atom. The molecule has 0 unspecified atom stereocenters. The molecular formula is C9H14FN3O2. The van der Waals surface area contributed by atoms with Crippen LogP contribution in [-0.4, -0.2) is 15.7 Å². The summed E-state index contributed by atoms with van der Waals surface area (Å²) in [7, 11) is 1.39. The Hall–Kier alpha value is -1.59. The van der Waals surface area contributed by atoms with E-state index in [0.29, 0.717) is 0 Å². The molecule has 1 heterocycles. The van der Waals surface area contributed by atoms with Gasteiger partial charge in [0.05, 0.1) is 12.1 Å². The molecule has 0 aliphatic heterocycles. The molecule has 0 aromatic carbocycles. The van der Waals surface area contributed by atoms with E-state index < -0.39 is 11.5 Å². The second-order valence-electron chi connectivity index (χ2n) is 3.64. The van der Waals surface area contributed by atoms with Gasteiger partial charge >= 0.3 is 0 Å². The standard InChI is InChI=1S/C9H14FN3O2/c1-5(2)8(14)11-4-6-7(10)13(3)12-9(6)15/h5H,4H2,1-3H3,(H,11,14)(H,12,15). The minimum Gasteiger partial charge on any atom is -0.351 e. The number of aryl methyl sites for hydroxylation is 1. The first kappa shape index (κ1) is 11.5. The summed E-state index contributed by atoms with van der Waals surface area (Å²) >= 11 is 0. The van der Waals surface area contributed by atoms with Gasteiger partial charge in [-0.25, -0.2) is 0 Å². The van der Waals surface area contributed by atoms with E-state index in [4.69, 9.17) is 0 Å². The van der Waals surface area contributed by atoms with E-state index in [9.17, 15) is 14.0 Å². The summed E-state index contributed by atoms with van der Waals surface area (Å²) in [5, 5.41) is 4.74. The number of aromatic amines is 1. The topological polar surface area (TPSA) is 66.9 Å². The normalized spacial score (nSPS) is 10.7. The van der Waals surface area contributed by atoms with Gasteiger partial charge in [0.15, 0.2) is 0 Å². The molecule has 0 saturated carbocycles. The first-order chi connectivity index (χ1) is 6.93. The van der Waals surface area contributed by atoms with Crippen LogP contribution in [0.3, 0.4) is 0 Å². The van der Waals surface area contributed by atoms with E-state index in [1.807, 2.05) is 0 Å². The van der Waals surface area contributed by atoms with Crippen LogP contribution in [0.1, 0.15) is 19.4 Å². The highest BCUT2D eigenvalue weighted by atomic mass is 19.1.